The average Bonchev–Trinajstić information content (AvgIpc) is 3.33. The van der Waals surface area contributed by atoms with Gasteiger partial charge >= 0.3 is 0 Å². The molecule has 0 saturated carbocycles. The Morgan fingerprint density at radius 2 is 0.627 bits per heavy atom. The van der Waals surface area contributed by atoms with Crippen molar-refractivity contribution in [1.82, 2.24) is 0 Å². The maximum absolute atomic E-state index is 2.41. The highest BCUT2D eigenvalue weighted by Crippen LogP contribution is 2.46. The molecule has 0 N–H and O–H groups in total. The van der Waals surface area contributed by atoms with Gasteiger partial charge in [-0.05, 0) is 108 Å². The third-order valence-electron chi connectivity index (χ3n) is 11.3. The van der Waals surface area contributed by atoms with E-state index in [1.54, 1.807) is 0 Å². The molecule has 0 radical (unpaired) electrons. The van der Waals surface area contributed by atoms with Gasteiger partial charge in [-0.2, -0.15) is 0 Å². The van der Waals surface area contributed by atoms with Gasteiger partial charge in [0.1, 0.15) is 0 Å². The summed E-state index contributed by atoms with van der Waals surface area (Å²) in [7, 11) is 0. The van der Waals surface area contributed by atoms with Gasteiger partial charge in [-0.3, -0.25) is 0 Å². The number of hydrogen-bond donors (Lipinski definition) is 0. The fourth-order valence-electron chi connectivity index (χ4n) is 8.42. The normalized spacial score (nSPS) is 11.1. The Hall–Kier alpha value is -7.74. The smallest absolute Gasteiger partial charge is 0.0540 e. The molecule has 0 fully saturated rings. The van der Waals surface area contributed by atoms with Crippen molar-refractivity contribution >= 4 is 27.8 Å². The lowest BCUT2D eigenvalue weighted by molar-refractivity contribution is 1.28. The second-order valence-electron chi connectivity index (χ2n) is 14.9. The molecule has 0 unspecified atom stereocenters. The predicted octanol–water partition coefficient (Wildman–Crippen LogP) is 16.3. The first-order chi connectivity index (χ1) is 29.3. The molecule has 10 rings (SSSR count). The monoisotopic (exact) mass is 751 g/mol. The van der Waals surface area contributed by atoms with Gasteiger partial charge in [0.2, 0.25) is 0 Å². The van der Waals surface area contributed by atoms with E-state index in [1.165, 1.54) is 72.0 Å². The third kappa shape index (κ3) is 7.12. The summed E-state index contributed by atoms with van der Waals surface area (Å²) in [5, 5.41) is 2.50. The number of fused-ring (bicyclic) bond motifs is 1. The van der Waals surface area contributed by atoms with E-state index < -0.39 is 0 Å². The summed E-state index contributed by atoms with van der Waals surface area (Å²) in [5.41, 5.74) is 17.6. The van der Waals surface area contributed by atoms with Crippen LogP contribution in [0.4, 0.5) is 17.1 Å². The quantitative estimate of drug-likeness (QED) is 0.142. The molecule has 1 nitrogen and oxygen atoms in total. The van der Waals surface area contributed by atoms with E-state index in [1.807, 2.05) is 0 Å². The molecule has 1 heteroatoms. The van der Waals surface area contributed by atoms with E-state index in [2.05, 4.69) is 254 Å². The molecule has 59 heavy (non-hydrogen) atoms. The number of nitrogens with zero attached hydrogens (tertiary/aromatic N) is 1. The summed E-state index contributed by atoms with van der Waals surface area (Å²) in [5.74, 6) is 0. The summed E-state index contributed by atoms with van der Waals surface area (Å²) in [6.07, 6.45) is 0. The highest BCUT2D eigenvalue weighted by Gasteiger charge is 2.21. The zero-order valence-electron chi connectivity index (χ0n) is 32.6. The van der Waals surface area contributed by atoms with Crippen LogP contribution in [-0.4, -0.2) is 0 Å². The zero-order valence-corrected chi connectivity index (χ0v) is 32.6. The van der Waals surface area contributed by atoms with E-state index >= 15 is 0 Å². The Morgan fingerprint density at radius 1 is 0.220 bits per heavy atom. The number of benzene rings is 10. The summed E-state index contributed by atoms with van der Waals surface area (Å²) in [6, 6.07) is 89.8. The standard InChI is InChI=1S/C58H41N/c1-4-17-42(18-5-1)44-31-36-49(37-32-44)59(50-38-33-47(34-39-50)52-29-16-24-45-23-10-11-25-51(45)52)58-30-15-14-28-56(58)54-27-13-12-26-53(54)55-40-35-48(43-19-6-2-7-20-43)41-57(55)46-21-8-3-9-22-46/h1-41H. The topological polar surface area (TPSA) is 3.24 Å². The maximum Gasteiger partial charge on any atom is 0.0540 e. The van der Waals surface area contributed by atoms with Gasteiger partial charge in [0.15, 0.2) is 0 Å². The molecule has 0 amide bonds. The first-order valence-electron chi connectivity index (χ1n) is 20.3. The van der Waals surface area contributed by atoms with Gasteiger partial charge in [0.05, 0.1) is 5.69 Å². The summed E-state index contributed by atoms with van der Waals surface area (Å²) < 4.78 is 0. The summed E-state index contributed by atoms with van der Waals surface area (Å²) in [6.45, 7) is 0. The molecule has 0 aromatic heterocycles. The minimum absolute atomic E-state index is 1.09. The van der Waals surface area contributed by atoms with Gasteiger partial charge < -0.3 is 4.90 Å². The van der Waals surface area contributed by atoms with Crippen LogP contribution >= 0.6 is 0 Å². The second-order valence-corrected chi connectivity index (χ2v) is 14.9. The molecule has 0 bridgehead atoms. The lowest BCUT2D eigenvalue weighted by Crippen LogP contribution is -2.11. The van der Waals surface area contributed by atoms with Crippen LogP contribution in [0.1, 0.15) is 0 Å². The van der Waals surface area contributed by atoms with Crippen LogP contribution in [0.15, 0.2) is 249 Å². The number of anilines is 3. The van der Waals surface area contributed by atoms with E-state index in [4.69, 9.17) is 0 Å². The van der Waals surface area contributed by atoms with Crippen molar-refractivity contribution in [2.24, 2.45) is 0 Å². The Kier molecular flexibility index (Phi) is 9.68. The third-order valence-corrected chi connectivity index (χ3v) is 11.3. The second kappa shape index (κ2) is 16.0. The van der Waals surface area contributed by atoms with Gasteiger partial charge in [0, 0.05) is 16.9 Å². The highest BCUT2D eigenvalue weighted by atomic mass is 15.1. The Labute approximate surface area is 346 Å². The molecular weight excluding hydrogens is 711 g/mol. The van der Waals surface area contributed by atoms with E-state index in [0.29, 0.717) is 0 Å². The largest absolute Gasteiger partial charge is 0.310 e. The van der Waals surface area contributed by atoms with Gasteiger partial charge in [0.25, 0.3) is 0 Å². The number of rotatable bonds is 9. The van der Waals surface area contributed by atoms with Crippen LogP contribution in [0.3, 0.4) is 0 Å². The molecule has 10 aromatic rings. The Bertz CT molecular complexity index is 3000. The molecular formula is C58H41N. The van der Waals surface area contributed by atoms with Gasteiger partial charge in [-0.15, -0.1) is 0 Å². The minimum atomic E-state index is 1.09. The highest BCUT2D eigenvalue weighted by molar-refractivity contribution is 5.99. The van der Waals surface area contributed by atoms with Crippen LogP contribution in [0.5, 0.6) is 0 Å². The van der Waals surface area contributed by atoms with E-state index in [9.17, 15) is 0 Å². The van der Waals surface area contributed by atoms with Crippen LogP contribution < -0.4 is 4.90 Å². The minimum Gasteiger partial charge on any atom is -0.310 e. The summed E-state index contributed by atoms with van der Waals surface area (Å²) >= 11 is 0. The molecule has 0 atom stereocenters. The van der Waals surface area contributed by atoms with Gasteiger partial charge in [-0.1, -0.05) is 212 Å². The number of hydrogen-bond acceptors (Lipinski definition) is 1. The molecule has 0 saturated heterocycles. The first kappa shape index (κ1) is 35.7. The van der Waals surface area contributed by atoms with Crippen molar-refractivity contribution < 1.29 is 0 Å². The van der Waals surface area contributed by atoms with Crippen molar-refractivity contribution in [3.63, 3.8) is 0 Å². The average molecular weight is 752 g/mol. The van der Waals surface area contributed by atoms with Crippen LogP contribution in [-0.2, 0) is 0 Å². The molecule has 0 aliphatic heterocycles. The molecule has 0 aliphatic carbocycles. The summed E-state index contributed by atoms with van der Waals surface area (Å²) in [4.78, 5) is 2.41. The molecule has 0 spiro atoms. The molecule has 10 aromatic carbocycles. The van der Waals surface area contributed by atoms with Crippen LogP contribution in [0.25, 0.3) is 77.5 Å². The number of para-hydroxylation sites is 1. The van der Waals surface area contributed by atoms with Crippen molar-refractivity contribution in [3.8, 4) is 66.8 Å². The van der Waals surface area contributed by atoms with Crippen LogP contribution in [0.2, 0.25) is 0 Å². The SMILES string of the molecule is c1ccc(-c2ccc(N(c3ccc(-c4cccc5ccccc45)cc3)c3ccccc3-c3ccccc3-c3ccc(-c4ccccc4)cc3-c3ccccc3)cc2)cc1. The predicted molar refractivity (Wildman–Crippen MR) is 251 cm³/mol. The van der Waals surface area contributed by atoms with E-state index in [-0.39, 0.29) is 0 Å². The Morgan fingerprint density at radius 3 is 1.29 bits per heavy atom. The molecule has 278 valence electrons. The lowest BCUT2D eigenvalue weighted by Gasteiger charge is -2.29. The van der Waals surface area contributed by atoms with Crippen molar-refractivity contribution in [1.29, 1.82) is 0 Å². The van der Waals surface area contributed by atoms with Crippen molar-refractivity contribution in [2.45, 2.75) is 0 Å². The lowest BCUT2D eigenvalue weighted by atomic mass is 9.87. The maximum atomic E-state index is 2.41. The van der Waals surface area contributed by atoms with Crippen LogP contribution in [0, 0.1) is 0 Å². The van der Waals surface area contributed by atoms with E-state index in [0.717, 1.165) is 22.6 Å². The fourth-order valence-corrected chi connectivity index (χ4v) is 8.42. The molecule has 0 heterocycles. The first-order valence-corrected chi connectivity index (χ1v) is 20.3. The zero-order chi connectivity index (χ0) is 39.4. The molecule has 0 aliphatic rings. The van der Waals surface area contributed by atoms with Gasteiger partial charge in [-0.25, -0.2) is 0 Å². The Balaban J connectivity index is 1.13. The van der Waals surface area contributed by atoms with Crippen molar-refractivity contribution in [3.05, 3.63) is 249 Å². The fraction of sp³-hybridized carbons (Fsp3) is 0. The van der Waals surface area contributed by atoms with Crippen molar-refractivity contribution in [2.75, 3.05) is 4.90 Å².